The predicted octanol–water partition coefficient (Wildman–Crippen LogP) is 1.78. The fourth-order valence-electron chi connectivity index (χ4n) is 3.31. The summed E-state index contributed by atoms with van der Waals surface area (Å²) in [7, 11) is 0. The van der Waals surface area contributed by atoms with Gasteiger partial charge in [-0.1, -0.05) is 18.2 Å². The van der Waals surface area contributed by atoms with Crippen LogP contribution in [-0.2, 0) is 11.2 Å². The van der Waals surface area contributed by atoms with Crippen LogP contribution >= 0.6 is 0 Å². The van der Waals surface area contributed by atoms with Gasteiger partial charge in [0.15, 0.2) is 0 Å². The first-order chi connectivity index (χ1) is 12.2. The fourth-order valence-corrected chi connectivity index (χ4v) is 3.31. The summed E-state index contributed by atoms with van der Waals surface area (Å²) in [6, 6.07) is 11.6. The number of urea groups is 1. The molecule has 2 aliphatic rings. The van der Waals surface area contributed by atoms with Gasteiger partial charge in [-0.05, 0) is 29.3 Å². The minimum Gasteiger partial charge on any atom is -0.341 e. The molecule has 3 amide bonds. The smallest absolute Gasteiger partial charge is 0.321 e. The number of aromatic nitrogens is 1. The maximum atomic E-state index is 12.4. The molecule has 2 fully saturated rings. The largest absolute Gasteiger partial charge is 0.341 e. The Labute approximate surface area is 146 Å². The van der Waals surface area contributed by atoms with Crippen LogP contribution in [0.2, 0.25) is 0 Å². The highest BCUT2D eigenvalue weighted by molar-refractivity contribution is 5.94. The van der Waals surface area contributed by atoms with Crippen LogP contribution in [-0.4, -0.2) is 48.0 Å². The normalized spacial score (nSPS) is 17.4. The van der Waals surface area contributed by atoms with E-state index in [-0.39, 0.29) is 11.9 Å². The molecule has 128 valence electrons. The number of pyridine rings is 1. The first-order valence-electron chi connectivity index (χ1n) is 8.53. The van der Waals surface area contributed by atoms with E-state index in [1.54, 1.807) is 11.1 Å². The van der Waals surface area contributed by atoms with Crippen molar-refractivity contribution < 1.29 is 9.59 Å². The van der Waals surface area contributed by atoms with Crippen molar-refractivity contribution in [2.45, 2.75) is 12.3 Å². The summed E-state index contributed by atoms with van der Waals surface area (Å²) in [6.45, 7) is 2.87. The van der Waals surface area contributed by atoms with Gasteiger partial charge in [-0.3, -0.25) is 14.7 Å². The van der Waals surface area contributed by atoms with E-state index in [2.05, 4.69) is 16.4 Å². The van der Waals surface area contributed by atoms with Crippen LogP contribution in [0.1, 0.15) is 17.0 Å². The van der Waals surface area contributed by atoms with E-state index in [4.69, 9.17) is 0 Å². The Balaban J connectivity index is 1.32. The number of benzene rings is 1. The molecule has 0 unspecified atom stereocenters. The molecule has 2 aromatic rings. The number of carbonyl (C=O) groups excluding carboxylic acids is 2. The first-order valence-corrected chi connectivity index (χ1v) is 8.53. The van der Waals surface area contributed by atoms with E-state index < -0.39 is 0 Å². The number of nitrogens with one attached hydrogen (secondary N) is 1. The van der Waals surface area contributed by atoms with Crippen molar-refractivity contribution in [3.8, 4) is 0 Å². The second-order valence-electron chi connectivity index (χ2n) is 6.51. The second kappa shape index (κ2) is 6.55. The zero-order chi connectivity index (χ0) is 17.2. The molecular formula is C19H20N4O2. The number of carbonyl (C=O) groups is 2. The molecule has 1 aromatic carbocycles. The third kappa shape index (κ3) is 3.20. The average molecular weight is 336 g/mol. The Kier molecular flexibility index (Phi) is 4.09. The van der Waals surface area contributed by atoms with Crippen LogP contribution in [0, 0.1) is 0 Å². The highest BCUT2D eigenvalue weighted by atomic mass is 16.2. The minimum atomic E-state index is -0.0640. The summed E-state index contributed by atoms with van der Waals surface area (Å²) in [5.41, 5.74) is 3.03. The Bertz CT molecular complexity index is 770. The van der Waals surface area contributed by atoms with Gasteiger partial charge in [0.05, 0.1) is 6.42 Å². The van der Waals surface area contributed by atoms with Gasteiger partial charge in [-0.25, -0.2) is 4.79 Å². The topological polar surface area (TPSA) is 65.5 Å². The van der Waals surface area contributed by atoms with Crippen LogP contribution in [0.4, 0.5) is 10.5 Å². The average Bonchev–Trinajstić information content (AvgIpc) is 3.01. The molecule has 2 aliphatic heterocycles. The van der Waals surface area contributed by atoms with Crippen LogP contribution in [0.15, 0.2) is 48.8 Å². The quantitative estimate of drug-likeness (QED) is 0.925. The van der Waals surface area contributed by atoms with Crippen LogP contribution in [0.5, 0.6) is 0 Å². The van der Waals surface area contributed by atoms with Crippen molar-refractivity contribution >= 4 is 17.6 Å². The van der Waals surface area contributed by atoms with Gasteiger partial charge >= 0.3 is 6.03 Å². The molecule has 4 rings (SSSR count). The van der Waals surface area contributed by atoms with Gasteiger partial charge in [0.1, 0.15) is 0 Å². The molecule has 6 heteroatoms. The van der Waals surface area contributed by atoms with Crippen LogP contribution < -0.4 is 10.2 Å². The monoisotopic (exact) mass is 336 g/mol. The summed E-state index contributed by atoms with van der Waals surface area (Å²) in [5, 5.41) is 2.78. The number of amides is 3. The van der Waals surface area contributed by atoms with Crippen molar-refractivity contribution in [3.63, 3.8) is 0 Å². The molecule has 0 aliphatic carbocycles. The molecule has 1 N–H and O–H groups in total. The summed E-state index contributed by atoms with van der Waals surface area (Å²) in [6.07, 6.45) is 4.03. The van der Waals surface area contributed by atoms with E-state index >= 15 is 0 Å². The Morgan fingerprint density at radius 3 is 2.64 bits per heavy atom. The van der Waals surface area contributed by atoms with Crippen molar-refractivity contribution in [3.05, 3.63) is 59.9 Å². The van der Waals surface area contributed by atoms with Gasteiger partial charge in [-0.15, -0.1) is 0 Å². The third-order valence-corrected chi connectivity index (χ3v) is 4.85. The SMILES string of the molecule is O=C(Cc1ccc(N2CCNC2=O)cc1)N1CC(c2cccnc2)C1. The summed E-state index contributed by atoms with van der Waals surface area (Å²) < 4.78 is 0. The van der Waals surface area contributed by atoms with Crippen LogP contribution in [0.3, 0.4) is 0 Å². The number of nitrogens with zero attached hydrogens (tertiary/aromatic N) is 3. The van der Waals surface area contributed by atoms with E-state index in [1.807, 2.05) is 41.4 Å². The second-order valence-corrected chi connectivity index (χ2v) is 6.51. The number of rotatable bonds is 4. The van der Waals surface area contributed by atoms with E-state index in [0.29, 0.717) is 25.4 Å². The lowest BCUT2D eigenvalue weighted by molar-refractivity contribution is -0.134. The molecular weight excluding hydrogens is 316 g/mol. The Hall–Kier alpha value is -2.89. The Morgan fingerprint density at radius 1 is 1.20 bits per heavy atom. The number of anilines is 1. The summed E-state index contributed by atoms with van der Waals surface area (Å²) in [4.78, 5) is 31.8. The zero-order valence-corrected chi connectivity index (χ0v) is 13.9. The van der Waals surface area contributed by atoms with E-state index in [1.165, 1.54) is 5.56 Å². The van der Waals surface area contributed by atoms with Crippen LogP contribution in [0.25, 0.3) is 0 Å². The minimum absolute atomic E-state index is 0.0640. The maximum absolute atomic E-state index is 12.4. The van der Waals surface area contributed by atoms with Gasteiger partial charge < -0.3 is 10.2 Å². The van der Waals surface area contributed by atoms with Gasteiger partial charge in [0.25, 0.3) is 0 Å². The number of hydrogen-bond donors (Lipinski definition) is 1. The molecule has 6 nitrogen and oxygen atoms in total. The molecule has 2 saturated heterocycles. The van der Waals surface area contributed by atoms with Crippen molar-refractivity contribution in [2.75, 3.05) is 31.1 Å². The fraction of sp³-hybridized carbons (Fsp3) is 0.316. The molecule has 0 saturated carbocycles. The van der Waals surface area contributed by atoms with E-state index in [9.17, 15) is 9.59 Å². The Morgan fingerprint density at radius 2 is 2.00 bits per heavy atom. The van der Waals surface area contributed by atoms with Gasteiger partial charge in [0.2, 0.25) is 5.91 Å². The standard InChI is InChI=1S/C19H20N4O2/c24-18(22-12-16(13-22)15-2-1-7-20-11-15)10-14-3-5-17(6-4-14)23-9-8-21-19(23)25/h1-7,11,16H,8-10,12-13H2,(H,21,25). The molecule has 1 aromatic heterocycles. The number of likely N-dealkylation sites (tertiary alicyclic amines) is 1. The highest BCUT2D eigenvalue weighted by Crippen LogP contribution is 2.27. The zero-order valence-electron chi connectivity index (χ0n) is 13.9. The molecule has 0 radical (unpaired) electrons. The highest BCUT2D eigenvalue weighted by Gasteiger charge is 2.31. The predicted molar refractivity (Wildman–Crippen MR) is 94.4 cm³/mol. The lowest BCUT2D eigenvalue weighted by Crippen LogP contribution is -2.49. The van der Waals surface area contributed by atoms with Gasteiger partial charge in [-0.2, -0.15) is 0 Å². The lowest BCUT2D eigenvalue weighted by atomic mass is 9.92. The van der Waals surface area contributed by atoms with Crippen molar-refractivity contribution in [1.82, 2.24) is 15.2 Å². The summed E-state index contributed by atoms with van der Waals surface area (Å²) in [5.74, 6) is 0.542. The molecule has 3 heterocycles. The maximum Gasteiger partial charge on any atom is 0.321 e. The van der Waals surface area contributed by atoms with Gasteiger partial charge in [0, 0.05) is 50.2 Å². The molecule has 25 heavy (non-hydrogen) atoms. The number of hydrogen-bond acceptors (Lipinski definition) is 3. The van der Waals surface area contributed by atoms with Crippen molar-refractivity contribution in [1.29, 1.82) is 0 Å². The molecule has 0 atom stereocenters. The summed E-state index contributed by atoms with van der Waals surface area (Å²) >= 11 is 0. The van der Waals surface area contributed by atoms with E-state index in [0.717, 1.165) is 24.3 Å². The molecule has 0 spiro atoms. The lowest BCUT2D eigenvalue weighted by Gasteiger charge is -2.39. The third-order valence-electron chi connectivity index (χ3n) is 4.85. The first kappa shape index (κ1) is 15.6. The van der Waals surface area contributed by atoms with Crippen molar-refractivity contribution in [2.24, 2.45) is 0 Å². The molecule has 0 bridgehead atoms.